The van der Waals surface area contributed by atoms with Crippen LogP contribution in [0.1, 0.15) is 26.7 Å². The monoisotopic (exact) mass is 234 g/mol. The summed E-state index contributed by atoms with van der Waals surface area (Å²) in [4.78, 5) is 12.8. The van der Waals surface area contributed by atoms with Crippen LogP contribution in [0.5, 0.6) is 0 Å². The molecule has 0 saturated carbocycles. The molecule has 3 N–H and O–H groups in total. The summed E-state index contributed by atoms with van der Waals surface area (Å²) in [7, 11) is 0. The van der Waals surface area contributed by atoms with Gasteiger partial charge in [-0.3, -0.25) is 0 Å². The number of imidazole rings is 1. The Labute approximate surface area is 100 Å². The van der Waals surface area contributed by atoms with Gasteiger partial charge in [-0.2, -0.15) is 9.97 Å². The summed E-state index contributed by atoms with van der Waals surface area (Å²) >= 11 is 0. The standard InChI is InChI=1S/C11H18N6/c1-3-5-6-13-9-8-10(16-11(12)15-9)17(4-2)7-14-8/h7H,3-6H2,1-2H3,(H3,12,13,15,16). The summed E-state index contributed by atoms with van der Waals surface area (Å²) in [6.45, 7) is 5.89. The minimum Gasteiger partial charge on any atom is -0.368 e. The molecule has 0 aliphatic heterocycles. The van der Waals surface area contributed by atoms with Crippen LogP contribution in [0.3, 0.4) is 0 Å². The molecule has 2 heterocycles. The number of aromatic nitrogens is 4. The third-order valence-electron chi connectivity index (χ3n) is 2.64. The van der Waals surface area contributed by atoms with Crippen molar-refractivity contribution in [1.29, 1.82) is 0 Å². The summed E-state index contributed by atoms with van der Waals surface area (Å²) in [6, 6.07) is 0. The van der Waals surface area contributed by atoms with Crippen LogP contribution in [0.4, 0.5) is 11.8 Å². The smallest absolute Gasteiger partial charge is 0.224 e. The predicted molar refractivity (Wildman–Crippen MR) is 68.8 cm³/mol. The average Bonchev–Trinajstić information content (AvgIpc) is 2.72. The zero-order valence-electron chi connectivity index (χ0n) is 10.3. The van der Waals surface area contributed by atoms with Crippen molar-refractivity contribution >= 4 is 22.9 Å². The van der Waals surface area contributed by atoms with Crippen molar-refractivity contribution in [2.75, 3.05) is 17.6 Å². The van der Waals surface area contributed by atoms with E-state index in [2.05, 4.69) is 27.2 Å². The summed E-state index contributed by atoms with van der Waals surface area (Å²) in [6.07, 6.45) is 4.00. The fourth-order valence-corrected chi connectivity index (χ4v) is 1.70. The molecule has 2 rings (SSSR count). The van der Waals surface area contributed by atoms with E-state index < -0.39 is 0 Å². The number of nitrogens with two attached hydrogens (primary N) is 1. The number of unbranched alkanes of at least 4 members (excludes halogenated alkanes) is 1. The number of nitrogen functional groups attached to an aromatic ring is 1. The van der Waals surface area contributed by atoms with Crippen LogP contribution in [0.2, 0.25) is 0 Å². The Hall–Kier alpha value is -1.85. The van der Waals surface area contributed by atoms with Crippen LogP contribution in [0.25, 0.3) is 11.2 Å². The first kappa shape index (κ1) is 11.6. The van der Waals surface area contributed by atoms with Crippen LogP contribution in [0, 0.1) is 0 Å². The van der Waals surface area contributed by atoms with Crippen molar-refractivity contribution in [1.82, 2.24) is 19.5 Å². The van der Waals surface area contributed by atoms with Gasteiger partial charge >= 0.3 is 0 Å². The van der Waals surface area contributed by atoms with Gasteiger partial charge in [0, 0.05) is 13.1 Å². The summed E-state index contributed by atoms with van der Waals surface area (Å²) in [5.41, 5.74) is 7.29. The number of rotatable bonds is 5. The normalized spacial score (nSPS) is 10.9. The highest BCUT2D eigenvalue weighted by Crippen LogP contribution is 2.19. The second kappa shape index (κ2) is 4.99. The minimum atomic E-state index is 0.284. The van der Waals surface area contributed by atoms with Crippen molar-refractivity contribution < 1.29 is 0 Å². The minimum absolute atomic E-state index is 0.284. The lowest BCUT2D eigenvalue weighted by Gasteiger charge is -2.06. The van der Waals surface area contributed by atoms with Gasteiger partial charge in [0.15, 0.2) is 17.0 Å². The Balaban J connectivity index is 2.37. The largest absolute Gasteiger partial charge is 0.368 e. The predicted octanol–water partition coefficient (Wildman–Crippen LogP) is 1.64. The molecule has 0 bridgehead atoms. The van der Waals surface area contributed by atoms with Gasteiger partial charge < -0.3 is 15.6 Å². The zero-order chi connectivity index (χ0) is 12.3. The molecule has 0 aliphatic rings. The number of aryl methyl sites for hydroxylation is 1. The number of anilines is 2. The van der Waals surface area contributed by atoms with Gasteiger partial charge in [0.05, 0.1) is 6.33 Å². The van der Waals surface area contributed by atoms with E-state index in [-0.39, 0.29) is 5.95 Å². The molecule has 0 saturated heterocycles. The molecule has 2 aromatic rings. The summed E-state index contributed by atoms with van der Waals surface area (Å²) in [5, 5.41) is 3.26. The number of hydrogen-bond acceptors (Lipinski definition) is 5. The lowest BCUT2D eigenvalue weighted by molar-refractivity contribution is 0.778. The molecule has 6 nitrogen and oxygen atoms in total. The zero-order valence-corrected chi connectivity index (χ0v) is 10.3. The van der Waals surface area contributed by atoms with Crippen LogP contribution < -0.4 is 11.1 Å². The topological polar surface area (TPSA) is 81.7 Å². The molecule has 6 heteroatoms. The maximum atomic E-state index is 5.71. The molecule has 17 heavy (non-hydrogen) atoms. The van der Waals surface area contributed by atoms with Gasteiger partial charge in [0.2, 0.25) is 5.95 Å². The average molecular weight is 234 g/mol. The molecule has 0 unspecified atom stereocenters. The molecule has 0 aliphatic carbocycles. The van der Waals surface area contributed by atoms with E-state index in [9.17, 15) is 0 Å². The Morgan fingerprint density at radius 1 is 1.35 bits per heavy atom. The highest BCUT2D eigenvalue weighted by Gasteiger charge is 2.10. The van der Waals surface area contributed by atoms with E-state index in [4.69, 9.17) is 5.73 Å². The third-order valence-corrected chi connectivity index (χ3v) is 2.64. The van der Waals surface area contributed by atoms with E-state index in [1.54, 1.807) is 6.33 Å². The Kier molecular flexibility index (Phi) is 3.41. The second-order valence-electron chi connectivity index (χ2n) is 3.91. The fourth-order valence-electron chi connectivity index (χ4n) is 1.70. The molecule has 0 atom stereocenters. The van der Waals surface area contributed by atoms with Crippen molar-refractivity contribution in [3.63, 3.8) is 0 Å². The molecular weight excluding hydrogens is 216 g/mol. The molecule has 92 valence electrons. The number of nitrogens with zero attached hydrogens (tertiary/aromatic N) is 4. The molecular formula is C11H18N6. The van der Waals surface area contributed by atoms with Gasteiger partial charge in [0.25, 0.3) is 0 Å². The Morgan fingerprint density at radius 2 is 2.18 bits per heavy atom. The van der Waals surface area contributed by atoms with Crippen LogP contribution in [-0.2, 0) is 6.54 Å². The maximum Gasteiger partial charge on any atom is 0.224 e. The first-order valence-electron chi connectivity index (χ1n) is 5.98. The third kappa shape index (κ3) is 2.30. The quantitative estimate of drug-likeness (QED) is 0.768. The van der Waals surface area contributed by atoms with E-state index in [1.807, 2.05) is 11.5 Å². The van der Waals surface area contributed by atoms with Crippen molar-refractivity contribution in [3.8, 4) is 0 Å². The number of nitrogens with one attached hydrogen (secondary N) is 1. The van der Waals surface area contributed by atoms with Crippen LogP contribution in [-0.4, -0.2) is 26.1 Å². The molecule has 2 aromatic heterocycles. The molecule has 0 radical (unpaired) electrons. The van der Waals surface area contributed by atoms with Crippen molar-refractivity contribution in [2.24, 2.45) is 0 Å². The molecule has 0 spiro atoms. The van der Waals surface area contributed by atoms with Gasteiger partial charge in [-0.15, -0.1) is 0 Å². The van der Waals surface area contributed by atoms with Crippen LogP contribution >= 0.6 is 0 Å². The van der Waals surface area contributed by atoms with Gasteiger partial charge in [-0.25, -0.2) is 4.98 Å². The fraction of sp³-hybridized carbons (Fsp3) is 0.545. The lowest BCUT2D eigenvalue weighted by atomic mass is 10.3. The first-order valence-corrected chi connectivity index (χ1v) is 5.98. The highest BCUT2D eigenvalue weighted by atomic mass is 15.2. The van der Waals surface area contributed by atoms with Crippen molar-refractivity contribution in [2.45, 2.75) is 33.2 Å². The maximum absolute atomic E-state index is 5.71. The van der Waals surface area contributed by atoms with Gasteiger partial charge in [0.1, 0.15) is 0 Å². The number of fused-ring (bicyclic) bond motifs is 1. The van der Waals surface area contributed by atoms with Crippen LogP contribution in [0.15, 0.2) is 6.33 Å². The van der Waals surface area contributed by atoms with Gasteiger partial charge in [-0.05, 0) is 13.3 Å². The highest BCUT2D eigenvalue weighted by molar-refractivity contribution is 5.84. The van der Waals surface area contributed by atoms with E-state index in [0.29, 0.717) is 0 Å². The molecule has 0 fully saturated rings. The SMILES string of the molecule is CCCCNc1nc(N)nc2c1ncn2CC. The molecule has 0 aromatic carbocycles. The molecule has 0 amide bonds. The van der Waals surface area contributed by atoms with E-state index >= 15 is 0 Å². The van der Waals surface area contributed by atoms with E-state index in [1.165, 1.54) is 0 Å². The van der Waals surface area contributed by atoms with E-state index in [0.717, 1.165) is 42.9 Å². The Bertz CT molecular complexity index is 504. The van der Waals surface area contributed by atoms with Gasteiger partial charge in [-0.1, -0.05) is 13.3 Å². The number of hydrogen-bond donors (Lipinski definition) is 2. The first-order chi connectivity index (χ1) is 8.26. The summed E-state index contributed by atoms with van der Waals surface area (Å²) < 4.78 is 1.96. The summed E-state index contributed by atoms with van der Waals surface area (Å²) in [5.74, 6) is 1.01. The lowest BCUT2D eigenvalue weighted by Crippen LogP contribution is -2.07. The second-order valence-corrected chi connectivity index (χ2v) is 3.91. The van der Waals surface area contributed by atoms with Crippen molar-refractivity contribution in [3.05, 3.63) is 6.33 Å². The Morgan fingerprint density at radius 3 is 2.88 bits per heavy atom.